The summed E-state index contributed by atoms with van der Waals surface area (Å²) in [4.78, 5) is 2.15. The first-order valence-electron chi connectivity index (χ1n) is 4.90. The van der Waals surface area contributed by atoms with E-state index in [9.17, 15) is 10.2 Å². The molecule has 4 heteroatoms. The Morgan fingerprint density at radius 2 is 2.08 bits per heavy atom. The van der Waals surface area contributed by atoms with E-state index in [1.54, 1.807) is 0 Å². The molecule has 4 nitrogen and oxygen atoms in total. The van der Waals surface area contributed by atoms with Crippen LogP contribution in [0.2, 0.25) is 0 Å². The van der Waals surface area contributed by atoms with Crippen LogP contribution in [-0.2, 0) is 0 Å². The van der Waals surface area contributed by atoms with Crippen molar-refractivity contribution in [3.8, 4) is 0 Å². The van der Waals surface area contributed by atoms with Crippen LogP contribution in [0.3, 0.4) is 0 Å². The molecule has 0 aliphatic carbocycles. The van der Waals surface area contributed by atoms with Crippen molar-refractivity contribution in [3.63, 3.8) is 0 Å². The van der Waals surface area contributed by atoms with E-state index in [-0.39, 0.29) is 12.1 Å². The highest BCUT2D eigenvalue weighted by Crippen LogP contribution is 2.20. The third-order valence-corrected chi connectivity index (χ3v) is 2.72. The number of nitrogens with two attached hydrogens (primary N) is 1. The average Bonchev–Trinajstić information content (AvgIpc) is 2.03. The van der Waals surface area contributed by atoms with Gasteiger partial charge in [-0.2, -0.15) is 0 Å². The number of aliphatic hydroxyl groups is 2. The number of nitrogens with zero attached hydrogens (tertiary/aromatic N) is 1. The maximum absolute atomic E-state index is 9.43. The van der Waals surface area contributed by atoms with Gasteiger partial charge in [0.15, 0.2) is 0 Å². The zero-order chi connectivity index (χ0) is 10.0. The summed E-state index contributed by atoms with van der Waals surface area (Å²) in [7, 11) is 0. The van der Waals surface area contributed by atoms with Gasteiger partial charge in [-0.15, -0.1) is 0 Å². The van der Waals surface area contributed by atoms with Gasteiger partial charge in [0.1, 0.15) is 6.23 Å². The van der Waals surface area contributed by atoms with Gasteiger partial charge in [0, 0.05) is 12.6 Å². The maximum atomic E-state index is 9.43. The summed E-state index contributed by atoms with van der Waals surface area (Å²) in [5.41, 5.74) is 5.46. The quantitative estimate of drug-likeness (QED) is 0.511. The van der Waals surface area contributed by atoms with Crippen LogP contribution in [0, 0.1) is 0 Å². The molecule has 3 unspecified atom stereocenters. The highest BCUT2D eigenvalue weighted by Gasteiger charge is 2.32. The smallest absolute Gasteiger partial charge is 0.118 e. The van der Waals surface area contributed by atoms with E-state index in [1.165, 1.54) is 0 Å². The Bertz CT molecular complexity index is 162. The fourth-order valence-corrected chi connectivity index (χ4v) is 1.97. The second-order valence-electron chi connectivity index (χ2n) is 4.07. The molecule has 0 aromatic heterocycles. The maximum Gasteiger partial charge on any atom is 0.118 e. The van der Waals surface area contributed by atoms with Crippen molar-refractivity contribution in [3.05, 3.63) is 0 Å². The lowest BCUT2D eigenvalue weighted by Gasteiger charge is -2.41. The molecule has 0 radical (unpaired) electrons. The first-order valence-corrected chi connectivity index (χ1v) is 4.90. The minimum absolute atomic E-state index is 0.0938. The van der Waals surface area contributed by atoms with Crippen LogP contribution in [-0.4, -0.2) is 46.1 Å². The predicted molar refractivity (Wildman–Crippen MR) is 51.1 cm³/mol. The van der Waals surface area contributed by atoms with Gasteiger partial charge in [-0.3, -0.25) is 4.90 Å². The average molecular weight is 188 g/mol. The molecule has 0 aromatic carbocycles. The van der Waals surface area contributed by atoms with Gasteiger partial charge in [0.25, 0.3) is 0 Å². The van der Waals surface area contributed by atoms with Gasteiger partial charge >= 0.3 is 0 Å². The molecule has 1 saturated heterocycles. The van der Waals surface area contributed by atoms with Crippen LogP contribution in [0.1, 0.15) is 26.7 Å². The van der Waals surface area contributed by atoms with Crippen molar-refractivity contribution < 1.29 is 10.2 Å². The number of aliphatic hydroxyl groups excluding tert-OH is 2. The normalized spacial score (nSPS) is 33.7. The Hall–Kier alpha value is -0.160. The summed E-state index contributed by atoms with van der Waals surface area (Å²) in [6.45, 7) is 4.97. The molecule has 0 amide bonds. The minimum atomic E-state index is -0.850. The zero-order valence-corrected chi connectivity index (χ0v) is 8.35. The lowest BCUT2D eigenvalue weighted by molar-refractivity contribution is -0.0317. The van der Waals surface area contributed by atoms with Gasteiger partial charge in [-0.1, -0.05) is 0 Å². The highest BCUT2D eigenvalue weighted by atomic mass is 16.3. The summed E-state index contributed by atoms with van der Waals surface area (Å²) in [5, 5.41) is 18.8. The van der Waals surface area contributed by atoms with E-state index in [0.717, 1.165) is 13.0 Å². The lowest BCUT2D eigenvalue weighted by Crippen LogP contribution is -2.55. The SMILES string of the molecule is CC(C)N1CCC(O)CC1C(N)O. The van der Waals surface area contributed by atoms with E-state index < -0.39 is 6.23 Å². The summed E-state index contributed by atoms with van der Waals surface area (Å²) in [6.07, 6.45) is 0.201. The van der Waals surface area contributed by atoms with Crippen molar-refractivity contribution >= 4 is 0 Å². The molecule has 1 aliphatic rings. The molecule has 13 heavy (non-hydrogen) atoms. The third kappa shape index (κ3) is 2.64. The molecule has 1 fully saturated rings. The molecule has 0 aromatic rings. The van der Waals surface area contributed by atoms with E-state index in [4.69, 9.17) is 5.73 Å². The van der Waals surface area contributed by atoms with E-state index in [1.807, 2.05) is 0 Å². The fourth-order valence-electron chi connectivity index (χ4n) is 1.97. The van der Waals surface area contributed by atoms with E-state index >= 15 is 0 Å². The van der Waals surface area contributed by atoms with Gasteiger partial charge < -0.3 is 15.9 Å². The second kappa shape index (κ2) is 4.37. The largest absolute Gasteiger partial charge is 0.393 e. The van der Waals surface area contributed by atoms with E-state index in [2.05, 4.69) is 18.7 Å². The second-order valence-corrected chi connectivity index (χ2v) is 4.07. The zero-order valence-electron chi connectivity index (χ0n) is 8.35. The Balaban J connectivity index is 2.60. The standard InChI is InChI=1S/C9H20N2O2/c1-6(2)11-4-3-7(12)5-8(11)9(10)13/h6-9,12-13H,3-5,10H2,1-2H3. The van der Waals surface area contributed by atoms with Gasteiger partial charge in [-0.05, 0) is 26.7 Å². The number of piperidine rings is 1. The molecule has 1 aliphatic heterocycles. The van der Waals surface area contributed by atoms with Crippen molar-refractivity contribution in [2.45, 2.75) is 51.1 Å². The fraction of sp³-hybridized carbons (Fsp3) is 1.00. The van der Waals surface area contributed by atoms with Crippen molar-refractivity contribution in [2.24, 2.45) is 5.73 Å². The summed E-state index contributed by atoms with van der Waals surface area (Å²) in [5.74, 6) is 0. The van der Waals surface area contributed by atoms with Gasteiger partial charge in [0.05, 0.1) is 12.1 Å². The van der Waals surface area contributed by atoms with Gasteiger partial charge in [0.2, 0.25) is 0 Å². The summed E-state index contributed by atoms with van der Waals surface area (Å²) < 4.78 is 0. The third-order valence-electron chi connectivity index (χ3n) is 2.72. The Kier molecular flexibility index (Phi) is 3.67. The Morgan fingerprint density at radius 1 is 1.46 bits per heavy atom. The van der Waals surface area contributed by atoms with Crippen LogP contribution in [0.5, 0.6) is 0 Å². The van der Waals surface area contributed by atoms with Crippen LogP contribution >= 0.6 is 0 Å². The monoisotopic (exact) mass is 188 g/mol. The van der Waals surface area contributed by atoms with Crippen molar-refractivity contribution in [1.82, 2.24) is 4.90 Å². The number of hydrogen-bond acceptors (Lipinski definition) is 4. The summed E-state index contributed by atoms with van der Waals surface area (Å²) >= 11 is 0. The molecular weight excluding hydrogens is 168 g/mol. The summed E-state index contributed by atoms with van der Waals surface area (Å²) in [6, 6.07) is 0.277. The highest BCUT2D eigenvalue weighted by molar-refractivity contribution is 4.85. The molecule has 0 spiro atoms. The minimum Gasteiger partial charge on any atom is -0.393 e. The molecular formula is C9H20N2O2. The molecule has 0 bridgehead atoms. The van der Waals surface area contributed by atoms with Crippen LogP contribution in [0.4, 0.5) is 0 Å². The number of likely N-dealkylation sites (tertiary alicyclic amines) is 1. The van der Waals surface area contributed by atoms with Crippen molar-refractivity contribution in [1.29, 1.82) is 0 Å². The molecule has 1 rings (SSSR count). The van der Waals surface area contributed by atoms with Crippen molar-refractivity contribution in [2.75, 3.05) is 6.54 Å². The number of rotatable bonds is 2. The molecule has 4 N–H and O–H groups in total. The molecule has 1 heterocycles. The Morgan fingerprint density at radius 3 is 2.54 bits per heavy atom. The number of hydrogen-bond donors (Lipinski definition) is 3. The Labute approximate surface area is 79.3 Å². The first kappa shape index (κ1) is 10.9. The predicted octanol–water partition coefficient (Wildman–Crippen LogP) is -0.503. The van der Waals surface area contributed by atoms with Crippen LogP contribution < -0.4 is 5.73 Å². The van der Waals surface area contributed by atoms with Gasteiger partial charge in [-0.25, -0.2) is 0 Å². The first-order chi connectivity index (χ1) is 6.02. The molecule has 0 saturated carbocycles. The lowest BCUT2D eigenvalue weighted by atomic mass is 9.97. The van der Waals surface area contributed by atoms with E-state index in [0.29, 0.717) is 12.5 Å². The van der Waals surface area contributed by atoms with Crippen LogP contribution in [0.15, 0.2) is 0 Å². The molecule has 78 valence electrons. The topological polar surface area (TPSA) is 69.7 Å². The molecule has 3 atom stereocenters. The van der Waals surface area contributed by atoms with Crippen LogP contribution in [0.25, 0.3) is 0 Å².